The first-order valence-corrected chi connectivity index (χ1v) is 3.36. The molecule has 0 spiro atoms. The normalized spacial score (nSPS) is 9.70. The molecule has 56 valence electrons. The average molecular weight is 160 g/mol. The van der Waals surface area contributed by atoms with Crippen molar-refractivity contribution in [2.75, 3.05) is 7.11 Å². The minimum absolute atomic E-state index is 0.332. The van der Waals surface area contributed by atoms with Gasteiger partial charge in [0.15, 0.2) is 0 Å². The van der Waals surface area contributed by atoms with Gasteiger partial charge in [0.1, 0.15) is 0 Å². The Hall–Kier alpha value is -1.10. The molecule has 0 heterocycles. The molecule has 10 heavy (non-hydrogen) atoms. The zero-order valence-electron chi connectivity index (χ0n) is 5.79. The second-order valence-corrected chi connectivity index (χ2v) is 1.79. The van der Waals surface area contributed by atoms with E-state index in [0.29, 0.717) is 10.5 Å². The zero-order chi connectivity index (χ0) is 7.98. The summed E-state index contributed by atoms with van der Waals surface area (Å²) in [7, 11) is 1.57. The van der Waals surface area contributed by atoms with Gasteiger partial charge in [-0.3, -0.25) is 0 Å². The maximum Gasteiger partial charge on any atom is 0.330 e. The van der Waals surface area contributed by atoms with E-state index in [0.717, 1.165) is 12.2 Å². The van der Waals surface area contributed by atoms with Crippen LogP contribution in [0.3, 0.4) is 0 Å². The van der Waals surface area contributed by atoms with Crippen molar-refractivity contribution in [1.29, 1.82) is 0 Å². The Morgan fingerprint density at radius 2 is 1.80 bits per heavy atom. The third-order valence-corrected chi connectivity index (χ3v) is 1.16. The quantitative estimate of drug-likeness (QED) is 0.281. The third kappa shape index (κ3) is 3.85. The minimum atomic E-state index is -0.563. The van der Waals surface area contributed by atoms with Crippen LogP contribution in [0.5, 0.6) is 0 Å². The molecule has 0 atom stereocenters. The van der Waals surface area contributed by atoms with Crippen LogP contribution in [0.2, 0.25) is 0 Å². The van der Waals surface area contributed by atoms with Crippen LogP contribution in [-0.2, 0) is 18.8 Å². The molecule has 0 aliphatic rings. The average Bonchev–Trinajstić information content (AvgIpc) is 1.99. The second kappa shape index (κ2) is 4.75. The predicted molar refractivity (Wildman–Crippen MR) is 37.2 cm³/mol. The summed E-state index contributed by atoms with van der Waals surface area (Å²) in [5.41, 5.74) is 0. The molecule has 0 unspecified atom stereocenters. The van der Waals surface area contributed by atoms with Crippen LogP contribution in [0.15, 0.2) is 12.2 Å². The van der Waals surface area contributed by atoms with Crippen molar-refractivity contribution in [2.24, 2.45) is 0 Å². The van der Waals surface area contributed by atoms with Gasteiger partial charge < -0.3 is 9.16 Å². The topological polar surface area (TPSA) is 52.6 Å². The van der Waals surface area contributed by atoms with Crippen LogP contribution in [-0.4, -0.2) is 29.5 Å². The highest BCUT2D eigenvalue weighted by Crippen LogP contribution is 1.79. The Bertz CT molecular complexity index is 145. The van der Waals surface area contributed by atoms with E-state index in [2.05, 4.69) is 9.16 Å². The zero-order valence-corrected chi connectivity index (χ0v) is 7.79. The van der Waals surface area contributed by atoms with Crippen molar-refractivity contribution in [1.82, 2.24) is 0 Å². The molecule has 0 aromatic rings. The minimum Gasteiger partial charge on any atom is -0.526 e. The van der Waals surface area contributed by atoms with Crippen molar-refractivity contribution in [3.05, 3.63) is 12.2 Å². The Morgan fingerprint density at radius 3 is 2.20 bits per heavy atom. The van der Waals surface area contributed by atoms with E-state index in [9.17, 15) is 9.59 Å². The summed E-state index contributed by atoms with van der Waals surface area (Å²) in [6, 6.07) is 0. The fraction of sp³-hybridized carbons (Fsp3) is 0.200. The van der Waals surface area contributed by atoms with E-state index < -0.39 is 11.9 Å². The summed E-state index contributed by atoms with van der Waals surface area (Å²) in [4.78, 5) is 20.7. The summed E-state index contributed by atoms with van der Waals surface area (Å²) >= 11 is 0. The maximum absolute atomic E-state index is 10.4. The van der Waals surface area contributed by atoms with Crippen molar-refractivity contribution in [2.45, 2.75) is 0 Å². The Morgan fingerprint density at radius 1 is 1.30 bits per heavy atom. The Balaban J connectivity index is 3.75. The summed E-state index contributed by atoms with van der Waals surface area (Å²) in [5.74, 6) is -1.08. The molecule has 0 N–H and O–H groups in total. The SMILES string of the molecule is COC(=O)/C=C\C(=O)O[SiH3]. The van der Waals surface area contributed by atoms with Crippen LogP contribution < -0.4 is 0 Å². The van der Waals surface area contributed by atoms with E-state index in [1.54, 1.807) is 0 Å². The molecule has 5 heteroatoms. The summed E-state index contributed by atoms with van der Waals surface area (Å²) in [6.07, 6.45) is 2.04. The lowest BCUT2D eigenvalue weighted by Crippen LogP contribution is -1.99. The Kier molecular flexibility index (Phi) is 4.22. The van der Waals surface area contributed by atoms with Gasteiger partial charge >= 0.3 is 11.9 Å². The standard InChI is InChI=1S/C5H8O4Si/c1-8-4(6)2-3-5(7)9-10/h2-3H,1,10H3/b3-2-. The molecule has 0 aromatic heterocycles. The number of rotatable bonds is 2. The summed E-state index contributed by atoms with van der Waals surface area (Å²) in [6.45, 7) is 0. The molecule has 0 aliphatic heterocycles. The van der Waals surface area contributed by atoms with Crippen molar-refractivity contribution in [3.63, 3.8) is 0 Å². The molecule has 0 rings (SSSR count). The van der Waals surface area contributed by atoms with Crippen molar-refractivity contribution >= 4 is 22.4 Å². The Labute approximate surface area is 61.4 Å². The number of hydrogen-bond acceptors (Lipinski definition) is 4. The van der Waals surface area contributed by atoms with Gasteiger partial charge in [-0.1, -0.05) is 0 Å². The van der Waals surface area contributed by atoms with Gasteiger partial charge in [0, 0.05) is 12.2 Å². The molecular weight excluding hydrogens is 152 g/mol. The van der Waals surface area contributed by atoms with Gasteiger partial charge in [-0.25, -0.2) is 9.59 Å². The van der Waals surface area contributed by atoms with E-state index in [-0.39, 0.29) is 0 Å². The van der Waals surface area contributed by atoms with Crippen LogP contribution in [0.1, 0.15) is 0 Å². The lowest BCUT2D eigenvalue weighted by atomic mass is 10.5. The summed E-state index contributed by atoms with van der Waals surface area (Å²) in [5, 5.41) is 0. The highest BCUT2D eigenvalue weighted by molar-refractivity contribution is 6.08. The highest BCUT2D eigenvalue weighted by atomic mass is 28.2. The molecule has 0 bridgehead atoms. The number of carbonyl (C=O) groups excluding carboxylic acids is 2. The first-order chi connectivity index (χ1) is 4.70. The monoisotopic (exact) mass is 160 g/mol. The first-order valence-electron chi connectivity index (χ1n) is 2.54. The molecule has 0 amide bonds. The molecule has 0 saturated carbocycles. The van der Waals surface area contributed by atoms with E-state index in [1.165, 1.54) is 7.11 Å². The van der Waals surface area contributed by atoms with Gasteiger partial charge in [0.25, 0.3) is 0 Å². The lowest BCUT2D eigenvalue weighted by molar-refractivity contribution is -0.135. The molecule has 0 fully saturated rings. The van der Waals surface area contributed by atoms with Crippen molar-refractivity contribution < 1.29 is 18.8 Å². The van der Waals surface area contributed by atoms with Gasteiger partial charge in [-0.15, -0.1) is 0 Å². The number of esters is 1. The molecule has 4 nitrogen and oxygen atoms in total. The van der Waals surface area contributed by atoms with Crippen LogP contribution in [0, 0.1) is 0 Å². The number of ether oxygens (including phenoxy) is 1. The van der Waals surface area contributed by atoms with Crippen molar-refractivity contribution in [3.8, 4) is 0 Å². The number of hydrogen-bond donors (Lipinski definition) is 0. The highest BCUT2D eigenvalue weighted by Gasteiger charge is 1.93. The van der Waals surface area contributed by atoms with E-state index in [1.807, 2.05) is 0 Å². The van der Waals surface area contributed by atoms with Gasteiger partial charge in [-0.05, 0) is 0 Å². The second-order valence-electron chi connectivity index (χ2n) is 1.38. The predicted octanol–water partition coefficient (Wildman–Crippen LogP) is -1.46. The van der Waals surface area contributed by atoms with E-state index in [4.69, 9.17) is 0 Å². The maximum atomic E-state index is 10.4. The molecular formula is C5H8O4Si. The molecule has 0 aromatic carbocycles. The fourth-order valence-electron chi connectivity index (χ4n) is 0.272. The molecule has 0 radical (unpaired) electrons. The van der Waals surface area contributed by atoms with Gasteiger partial charge in [0.05, 0.1) is 7.11 Å². The number of carbonyl (C=O) groups is 2. The largest absolute Gasteiger partial charge is 0.526 e. The van der Waals surface area contributed by atoms with Crippen LogP contribution >= 0.6 is 0 Å². The van der Waals surface area contributed by atoms with Gasteiger partial charge in [0.2, 0.25) is 10.5 Å². The third-order valence-electron chi connectivity index (χ3n) is 0.758. The molecule has 0 saturated heterocycles. The number of methoxy groups -OCH3 is 1. The van der Waals surface area contributed by atoms with E-state index >= 15 is 0 Å². The van der Waals surface area contributed by atoms with Crippen LogP contribution in [0.4, 0.5) is 0 Å². The first kappa shape index (κ1) is 8.90. The fourth-order valence-corrected chi connectivity index (χ4v) is 0.408. The van der Waals surface area contributed by atoms with Crippen LogP contribution in [0.25, 0.3) is 0 Å². The lowest BCUT2D eigenvalue weighted by Gasteiger charge is -1.90. The smallest absolute Gasteiger partial charge is 0.330 e. The molecule has 0 aliphatic carbocycles. The van der Waals surface area contributed by atoms with Gasteiger partial charge in [-0.2, -0.15) is 0 Å². The summed E-state index contributed by atoms with van der Waals surface area (Å²) < 4.78 is 8.57.